The number of nitrogens with one attached hydrogen (secondary N) is 1. The molecule has 0 saturated carbocycles. The normalized spacial score (nSPS) is 20.8. The van der Waals surface area contributed by atoms with Crippen molar-refractivity contribution in [1.29, 1.82) is 0 Å². The second kappa shape index (κ2) is 11.5. The fraction of sp³-hybridized carbons (Fsp3) is 0.483. The fourth-order valence-electron chi connectivity index (χ4n) is 5.92. The van der Waals surface area contributed by atoms with Crippen LogP contribution in [0.2, 0.25) is 0 Å². The number of likely N-dealkylation sites (tertiary alicyclic amines) is 1. The Labute approximate surface area is 246 Å². The summed E-state index contributed by atoms with van der Waals surface area (Å²) in [5.41, 5.74) is 1.86. The summed E-state index contributed by atoms with van der Waals surface area (Å²) in [5.74, 6) is -1.18. The van der Waals surface area contributed by atoms with Crippen LogP contribution in [-0.4, -0.2) is 85.3 Å². The lowest BCUT2D eigenvalue weighted by molar-refractivity contribution is -0.274. The minimum absolute atomic E-state index is 0.0561. The van der Waals surface area contributed by atoms with E-state index in [2.05, 4.69) is 15.0 Å². The molecule has 1 spiro atoms. The highest BCUT2D eigenvalue weighted by atomic mass is 32.2. The second-order valence-corrected chi connectivity index (χ2v) is 13.3. The molecule has 3 aliphatic heterocycles. The molecular weight excluding hydrogens is 592 g/mol. The Balaban J connectivity index is 1.22. The maximum absolute atomic E-state index is 13.6. The molecule has 0 unspecified atom stereocenters. The van der Waals surface area contributed by atoms with Crippen molar-refractivity contribution < 1.29 is 40.3 Å². The number of alkyl halides is 4. The third kappa shape index (κ3) is 6.69. The van der Waals surface area contributed by atoms with Gasteiger partial charge in [-0.1, -0.05) is 12.1 Å². The van der Waals surface area contributed by atoms with Crippen molar-refractivity contribution in [3.05, 3.63) is 64.2 Å². The van der Waals surface area contributed by atoms with Gasteiger partial charge in [-0.15, -0.1) is 13.2 Å². The largest absolute Gasteiger partial charge is 0.573 e. The number of rotatable bonds is 7. The molecule has 14 heteroatoms. The van der Waals surface area contributed by atoms with Gasteiger partial charge in [0.05, 0.1) is 12.3 Å². The summed E-state index contributed by atoms with van der Waals surface area (Å²) < 4.78 is 83.3. The maximum atomic E-state index is 13.6. The molecular formula is C29H32F4N4O5S. The molecule has 2 amide bonds. The monoisotopic (exact) mass is 624 g/mol. The molecule has 0 aromatic heterocycles. The Hall–Kier alpha value is -3.52. The highest BCUT2D eigenvalue weighted by Crippen LogP contribution is 2.33. The molecule has 0 bridgehead atoms. The number of ether oxygens (including phenoxy) is 1. The van der Waals surface area contributed by atoms with E-state index in [0.717, 1.165) is 28.8 Å². The van der Waals surface area contributed by atoms with Crippen LogP contribution < -0.4 is 10.1 Å². The molecule has 2 saturated heterocycles. The van der Waals surface area contributed by atoms with Crippen molar-refractivity contribution in [3.8, 4) is 5.75 Å². The lowest BCUT2D eigenvalue weighted by Gasteiger charge is -2.34. The van der Waals surface area contributed by atoms with E-state index < -0.39 is 39.8 Å². The first-order chi connectivity index (χ1) is 20.2. The standard InChI is InChI=1S/C29H32F4N4O5S/c1-18-14-21(26(38)36-10-6-22(30)17-36)15-19(2)24(18)7-13-43(40,41)37-11-8-28(9-12-37)27(39)34-25(35-28)20-4-3-5-23(16-20)42-29(31,32)33/h3-5,14-16,22H,6-13,17H2,1-2H3,(H,34,35,39)/t22-/m1/s1. The minimum Gasteiger partial charge on any atom is -0.406 e. The van der Waals surface area contributed by atoms with Crippen LogP contribution in [0, 0.1) is 13.8 Å². The van der Waals surface area contributed by atoms with Gasteiger partial charge in [0.15, 0.2) is 0 Å². The molecule has 5 rings (SSSR count). The number of sulfonamides is 1. The Bertz CT molecular complexity index is 1550. The topological polar surface area (TPSA) is 108 Å². The molecule has 43 heavy (non-hydrogen) atoms. The third-order valence-corrected chi connectivity index (χ3v) is 10.1. The van der Waals surface area contributed by atoms with Crippen LogP contribution in [0.4, 0.5) is 17.6 Å². The van der Waals surface area contributed by atoms with Gasteiger partial charge in [0.1, 0.15) is 23.3 Å². The molecule has 2 aromatic rings. The molecule has 0 aliphatic carbocycles. The van der Waals surface area contributed by atoms with Crippen LogP contribution in [0.3, 0.4) is 0 Å². The van der Waals surface area contributed by atoms with E-state index in [-0.39, 0.29) is 62.0 Å². The Morgan fingerprint density at radius 1 is 1.12 bits per heavy atom. The second-order valence-electron chi connectivity index (χ2n) is 11.2. The van der Waals surface area contributed by atoms with E-state index in [0.29, 0.717) is 18.5 Å². The summed E-state index contributed by atoms with van der Waals surface area (Å²) in [6.45, 7) is 4.19. The zero-order valence-electron chi connectivity index (χ0n) is 23.7. The van der Waals surface area contributed by atoms with Gasteiger partial charge in [-0.2, -0.15) is 0 Å². The first kappa shape index (κ1) is 30.9. The SMILES string of the molecule is Cc1cc(C(=O)N2CC[C@@H](F)C2)cc(C)c1CCS(=O)(=O)N1CCC2(CC1)N=C(c1cccc(OC(F)(F)F)c1)NC2=O. The van der Waals surface area contributed by atoms with E-state index in [1.54, 1.807) is 12.1 Å². The van der Waals surface area contributed by atoms with Crippen molar-refractivity contribution in [1.82, 2.24) is 14.5 Å². The van der Waals surface area contributed by atoms with Crippen molar-refractivity contribution in [2.24, 2.45) is 4.99 Å². The van der Waals surface area contributed by atoms with Gasteiger partial charge < -0.3 is 15.0 Å². The number of aryl methyl sites for hydroxylation is 2. The number of carbonyl (C=O) groups is 2. The van der Waals surface area contributed by atoms with Crippen LogP contribution in [0.15, 0.2) is 41.4 Å². The molecule has 232 valence electrons. The lowest BCUT2D eigenvalue weighted by atomic mass is 9.89. The molecule has 1 N–H and O–H groups in total. The predicted molar refractivity (Wildman–Crippen MR) is 150 cm³/mol. The predicted octanol–water partition coefficient (Wildman–Crippen LogP) is 3.67. The minimum atomic E-state index is -4.87. The Kier molecular flexibility index (Phi) is 8.29. The Morgan fingerprint density at radius 2 is 1.79 bits per heavy atom. The number of hydrogen-bond acceptors (Lipinski definition) is 6. The van der Waals surface area contributed by atoms with Gasteiger partial charge in [0.25, 0.3) is 11.8 Å². The molecule has 9 nitrogen and oxygen atoms in total. The molecule has 1 atom stereocenters. The number of amidine groups is 1. The highest BCUT2D eigenvalue weighted by Gasteiger charge is 2.47. The Morgan fingerprint density at radius 3 is 2.40 bits per heavy atom. The summed E-state index contributed by atoms with van der Waals surface area (Å²) in [6, 6.07) is 8.55. The van der Waals surface area contributed by atoms with E-state index in [1.165, 1.54) is 21.3 Å². The summed E-state index contributed by atoms with van der Waals surface area (Å²) >= 11 is 0. The number of aliphatic imine (C=N–C) groups is 1. The molecule has 0 radical (unpaired) electrons. The summed E-state index contributed by atoms with van der Waals surface area (Å²) in [7, 11) is -3.70. The van der Waals surface area contributed by atoms with E-state index in [1.807, 2.05) is 13.8 Å². The van der Waals surface area contributed by atoms with Crippen molar-refractivity contribution in [2.45, 2.75) is 57.6 Å². The van der Waals surface area contributed by atoms with Crippen molar-refractivity contribution >= 4 is 27.7 Å². The molecule has 3 heterocycles. The smallest absolute Gasteiger partial charge is 0.406 e. The summed E-state index contributed by atoms with van der Waals surface area (Å²) in [4.78, 5) is 31.7. The number of carbonyl (C=O) groups excluding carboxylic acids is 2. The quantitative estimate of drug-likeness (QED) is 0.473. The van der Waals surface area contributed by atoms with Crippen LogP contribution >= 0.6 is 0 Å². The number of piperidine rings is 1. The van der Waals surface area contributed by atoms with E-state index >= 15 is 0 Å². The lowest BCUT2D eigenvalue weighted by Crippen LogP contribution is -2.50. The first-order valence-corrected chi connectivity index (χ1v) is 15.6. The van der Waals surface area contributed by atoms with Gasteiger partial charge in [-0.25, -0.2) is 17.1 Å². The van der Waals surface area contributed by atoms with Crippen molar-refractivity contribution in [2.75, 3.05) is 31.9 Å². The number of amides is 2. The number of nitrogens with zero attached hydrogens (tertiary/aromatic N) is 3. The van der Waals surface area contributed by atoms with E-state index in [4.69, 9.17) is 0 Å². The molecule has 3 aliphatic rings. The van der Waals surface area contributed by atoms with Crippen LogP contribution in [0.5, 0.6) is 5.75 Å². The van der Waals surface area contributed by atoms with Gasteiger partial charge in [0, 0.05) is 30.8 Å². The van der Waals surface area contributed by atoms with Crippen LogP contribution in [0.25, 0.3) is 0 Å². The van der Waals surface area contributed by atoms with Gasteiger partial charge >= 0.3 is 6.36 Å². The van der Waals surface area contributed by atoms with Crippen LogP contribution in [0.1, 0.15) is 51.9 Å². The summed E-state index contributed by atoms with van der Waals surface area (Å²) in [5, 5.41) is 2.63. The average molecular weight is 625 g/mol. The number of halogens is 4. The first-order valence-electron chi connectivity index (χ1n) is 13.9. The average Bonchev–Trinajstić information content (AvgIpc) is 3.50. The van der Waals surface area contributed by atoms with Gasteiger partial charge in [0.2, 0.25) is 10.0 Å². The van der Waals surface area contributed by atoms with Crippen LogP contribution in [-0.2, 0) is 21.2 Å². The zero-order chi connectivity index (χ0) is 31.2. The van der Waals surface area contributed by atoms with Gasteiger partial charge in [-0.05, 0) is 80.5 Å². The third-order valence-electron chi connectivity index (χ3n) is 8.24. The fourth-order valence-corrected chi connectivity index (χ4v) is 7.38. The zero-order valence-corrected chi connectivity index (χ0v) is 24.5. The number of hydrogen-bond donors (Lipinski definition) is 1. The highest BCUT2D eigenvalue weighted by molar-refractivity contribution is 7.89. The molecule has 2 aromatic carbocycles. The summed E-state index contributed by atoms with van der Waals surface area (Å²) in [6.07, 6.45) is -5.10. The number of benzene rings is 2. The van der Waals surface area contributed by atoms with E-state index in [9.17, 15) is 35.6 Å². The maximum Gasteiger partial charge on any atom is 0.573 e. The van der Waals surface area contributed by atoms with Crippen molar-refractivity contribution in [3.63, 3.8) is 0 Å². The van der Waals surface area contributed by atoms with Gasteiger partial charge in [-0.3, -0.25) is 14.6 Å². The molecule has 2 fully saturated rings.